The number of hydrogen-bond acceptors (Lipinski definition) is 4. The third kappa shape index (κ3) is 2.56. The minimum absolute atomic E-state index is 0.0983. The molecule has 1 saturated heterocycles. The van der Waals surface area contributed by atoms with Crippen molar-refractivity contribution in [2.45, 2.75) is 37.0 Å². The van der Waals surface area contributed by atoms with Gasteiger partial charge in [-0.2, -0.15) is 4.31 Å². The molecule has 1 heterocycles. The van der Waals surface area contributed by atoms with Crippen LogP contribution in [-0.2, 0) is 14.8 Å². The maximum absolute atomic E-state index is 12.3. The molecule has 1 saturated carbocycles. The van der Waals surface area contributed by atoms with Crippen LogP contribution in [0.5, 0.6) is 0 Å². The van der Waals surface area contributed by atoms with E-state index in [1.807, 2.05) is 0 Å². The summed E-state index contributed by atoms with van der Waals surface area (Å²) in [4.78, 5) is 0. The van der Waals surface area contributed by atoms with Gasteiger partial charge in [-0.15, -0.1) is 0 Å². The van der Waals surface area contributed by atoms with Crippen molar-refractivity contribution in [1.29, 1.82) is 0 Å². The zero-order valence-electron chi connectivity index (χ0n) is 9.34. The lowest BCUT2D eigenvalue weighted by molar-refractivity contribution is 0.0969. The van der Waals surface area contributed by atoms with Gasteiger partial charge >= 0.3 is 0 Å². The molecule has 0 aromatic carbocycles. The number of sulfonamides is 1. The minimum atomic E-state index is -3.23. The van der Waals surface area contributed by atoms with Crippen LogP contribution in [0.15, 0.2) is 0 Å². The minimum Gasteiger partial charge on any atom is -0.395 e. The van der Waals surface area contributed by atoms with E-state index in [2.05, 4.69) is 0 Å². The van der Waals surface area contributed by atoms with Crippen molar-refractivity contribution in [2.24, 2.45) is 0 Å². The van der Waals surface area contributed by atoms with Crippen LogP contribution in [0, 0.1) is 0 Å². The van der Waals surface area contributed by atoms with Gasteiger partial charge in [0.2, 0.25) is 10.0 Å². The van der Waals surface area contributed by atoms with Crippen LogP contribution >= 0.6 is 0 Å². The van der Waals surface area contributed by atoms with Gasteiger partial charge in [-0.3, -0.25) is 0 Å². The highest BCUT2D eigenvalue weighted by Gasteiger charge is 2.41. The molecule has 2 fully saturated rings. The number of aliphatic hydroxyl groups excluding tert-OH is 1. The van der Waals surface area contributed by atoms with Crippen LogP contribution in [0.2, 0.25) is 0 Å². The number of nitrogens with zero attached hydrogens (tertiary/aromatic N) is 1. The van der Waals surface area contributed by atoms with E-state index in [0.717, 1.165) is 12.8 Å². The summed E-state index contributed by atoms with van der Waals surface area (Å²) in [5, 5.41) is 8.63. The maximum atomic E-state index is 12.3. The van der Waals surface area contributed by atoms with Gasteiger partial charge in [0, 0.05) is 25.8 Å². The Bertz CT molecular complexity index is 320. The molecular formula is C10H19NO4S. The van der Waals surface area contributed by atoms with Crippen LogP contribution in [-0.4, -0.2) is 55.5 Å². The van der Waals surface area contributed by atoms with Crippen molar-refractivity contribution >= 4 is 10.0 Å². The molecule has 94 valence electrons. The molecule has 1 N–H and O–H groups in total. The molecule has 0 spiro atoms. The summed E-state index contributed by atoms with van der Waals surface area (Å²) in [5.74, 6) is 0. The average Bonchev–Trinajstić information content (AvgIpc) is 3.11. The molecular weight excluding hydrogens is 230 g/mol. The van der Waals surface area contributed by atoms with E-state index in [-0.39, 0.29) is 24.4 Å². The first-order chi connectivity index (χ1) is 7.66. The Morgan fingerprint density at radius 3 is 2.31 bits per heavy atom. The summed E-state index contributed by atoms with van der Waals surface area (Å²) in [7, 11) is -3.23. The summed E-state index contributed by atoms with van der Waals surface area (Å²) in [6.07, 6.45) is 3.03. The summed E-state index contributed by atoms with van der Waals surface area (Å²) < 4.78 is 31.3. The lowest BCUT2D eigenvalue weighted by Gasteiger charge is -2.29. The van der Waals surface area contributed by atoms with Gasteiger partial charge in [-0.25, -0.2) is 8.42 Å². The molecule has 0 aromatic heterocycles. The van der Waals surface area contributed by atoms with Crippen LogP contribution in [0.1, 0.15) is 25.7 Å². The van der Waals surface area contributed by atoms with E-state index < -0.39 is 10.0 Å². The molecule has 0 aromatic rings. The Kier molecular flexibility index (Phi) is 3.84. The summed E-state index contributed by atoms with van der Waals surface area (Å²) in [5.41, 5.74) is 0. The van der Waals surface area contributed by atoms with Gasteiger partial charge in [-0.1, -0.05) is 0 Å². The SMILES string of the molecule is O=S(=O)(C1CCOCC1)N(CCO)C1CC1. The normalized spacial score (nSPS) is 23.9. The molecule has 0 radical (unpaired) electrons. The molecule has 2 rings (SSSR count). The summed E-state index contributed by atoms with van der Waals surface area (Å²) in [6, 6.07) is 0.139. The first kappa shape index (κ1) is 12.3. The predicted octanol–water partition coefficient (Wildman–Crippen LogP) is -0.0481. The van der Waals surface area contributed by atoms with E-state index >= 15 is 0 Å². The van der Waals surface area contributed by atoms with E-state index in [1.165, 1.54) is 4.31 Å². The summed E-state index contributed by atoms with van der Waals surface area (Å²) >= 11 is 0. The molecule has 0 unspecified atom stereocenters. The lowest BCUT2D eigenvalue weighted by Crippen LogP contribution is -2.43. The van der Waals surface area contributed by atoms with Crippen molar-refractivity contribution in [3.8, 4) is 0 Å². The zero-order chi connectivity index (χ0) is 11.6. The fourth-order valence-corrected chi connectivity index (χ4v) is 4.28. The first-order valence-electron chi connectivity index (χ1n) is 5.85. The Balaban J connectivity index is 2.07. The second-order valence-corrected chi connectivity index (χ2v) is 6.59. The molecule has 5 nitrogen and oxygen atoms in total. The molecule has 2 aliphatic rings. The number of aliphatic hydroxyl groups is 1. The molecule has 1 aliphatic carbocycles. The van der Waals surface area contributed by atoms with Gasteiger partial charge in [0.1, 0.15) is 0 Å². The fourth-order valence-electron chi connectivity index (χ4n) is 2.14. The van der Waals surface area contributed by atoms with E-state index in [0.29, 0.717) is 26.1 Å². The van der Waals surface area contributed by atoms with E-state index in [1.54, 1.807) is 0 Å². The second kappa shape index (κ2) is 5.00. The molecule has 0 amide bonds. The maximum Gasteiger partial charge on any atom is 0.217 e. The zero-order valence-corrected chi connectivity index (χ0v) is 10.2. The smallest absolute Gasteiger partial charge is 0.217 e. The van der Waals surface area contributed by atoms with Crippen molar-refractivity contribution < 1.29 is 18.3 Å². The third-order valence-electron chi connectivity index (χ3n) is 3.19. The van der Waals surface area contributed by atoms with Crippen molar-refractivity contribution in [1.82, 2.24) is 4.31 Å². The average molecular weight is 249 g/mol. The van der Waals surface area contributed by atoms with Crippen LogP contribution in [0.25, 0.3) is 0 Å². The highest BCUT2D eigenvalue weighted by atomic mass is 32.2. The molecule has 1 aliphatic heterocycles. The second-order valence-electron chi connectivity index (χ2n) is 4.42. The molecule has 0 bridgehead atoms. The Morgan fingerprint density at radius 1 is 1.19 bits per heavy atom. The molecule has 16 heavy (non-hydrogen) atoms. The van der Waals surface area contributed by atoms with Crippen LogP contribution in [0.3, 0.4) is 0 Å². The third-order valence-corrected chi connectivity index (χ3v) is 5.64. The number of rotatable bonds is 5. The van der Waals surface area contributed by atoms with Gasteiger partial charge < -0.3 is 9.84 Å². The van der Waals surface area contributed by atoms with Crippen molar-refractivity contribution in [3.63, 3.8) is 0 Å². The van der Waals surface area contributed by atoms with Crippen molar-refractivity contribution in [3.05, 3.63) is 0 Å². The standard InChI is InChI=1S/C10H19NO4S/c12-6-5-11(9-1-2-9)16(13,14)10-3-7-15-8-4-10/h9-10,12H,1-8H2. The number of hydrogen-bond donors (Lipinski definition) is 1. The fraction of sp³-hybridized carbons (Fsp3) is 1.00. The predicted molar refractivity (Wildman–Crippen MR) is 59.6 cm³/mol. The van der Waals surface area contributed by atoms with Gasteiger partial charge in [-0.05, 0) is 25.7 Å². The lowest BCUT2D eigenvalue weighted by atomic mass is 10.2. The quantitative estimate of drug-likeness (QED) is 0.742. The highest BCUT2D eigenvalue weighted by Crippen LogP contribution is 2.32. The van der Waals surface area contributed by atoms with E-state index in [9.17, 15) is 8.42 Å². The van der Waals surface area contributed by atoms with Crippen LogP contribution in [0.4, 0.5) is 0 Å². The van der Waals surface area contributed by atoms with Gasteiger partial charge in [0.25, 0.3) is 0 Å². The molecule has 6 heteroatoms. The monoisotopic (exact) mass is 249 g/mol. The van der Waals surface area contributed by atoms with Gasteiger partial charge in [0.15, 0.2) is 0 Å². The topological polar surface area (TPSA) is 66.8 Å². The van der Waals surface area contributed by atoms with Crippen LogP contribution < -0.4 is 0 Å². The highest BCUT2D eigenvalue weighted by molar-refractivity contribution is 7.89. The Labute approximate surface area is 96.4 Å². The Hall–Kier alpha value is -0.170. The Morgan fingerprint density at radius 2 is 1.81 bits per heavy atom. The molecule has 0 atom stereocenters. The summed E-state index contributed by atoms with van der Waals surface area (Å²) in [6.45, 7) is 1.20. The van der Waals surface area contributed by atoms with E-state index in [4.69, 9.17) is 9.84 Å². The number of ether oxygens (including phenoxy) is 1. The first-order valence-corrected chi connectivity index (χ1v) is 7.36. The van der Waals surface area contributed by atoms with Crippen molar-refractivity contribution in [2.75, 3.05) is 26.4 Å². The largest absolute Gasteiger partial charge is 0.395 e. The van der Waals surface area contributed by atoms with Gasteiger partial charge in [0.05, 0.1) is 11.9 Å².